The van der Waals surface area contributed by atoms with E-state index >= 15 is 0 Å². The Morgan fingerprint density at radius 2 is 1.92 bits per heavy atom. The molecule has 2 aromatic carbocycles. The minimum Gasteiger partial charge on any atom is -0.508 e. The number of rotatable bonds is 5. The third kappa shape index (κ3) is 3.83. The number of hydrogen-bond donors (Lipinski definition) is 4. The lowest BCUT2D eigenvalue weighted by molar-refractivity contribution is -0.138. The number of carbonyl (C=O) groups excluding carboxylic acids is 1. The molecule has 2 aliphatic rings. The summed E-state index contributed by atoms with van der Waals surface area (Å²) in [6.45, 7) is 5.62. The van der Waals surface area contributed by atoms with Crippen LogP contribution in [-0.4, -0.2) is 50.7 Å². The minimum absolute atomic E-state index is 0.0946. The topological polar surface area (TPSA) is 120 Å². The summed E-state index contributed by atoms with van der Waals surface area (Å²) in [7, 11) is 0. The number of phenolic OH excluding ortho intramolecular Hbond substituents is 1. The monoisotopic (exact) mass is 487 g/mol. The number of pyridine rings is 1. The highest BCUT2D eigenvalue weighted by Gasteiger charge is 2.61. The van der Waals surface area contributed by atoms with E-state index in [4.69, 9.17) is 5.73 Å². The fraction of sp³-hybridized carbons (Fsp3) is 0.379. The van der Waals surface area contributed by atoms with E-state index in [0.29, 0.717) is 18.5 Å². The van der Waals surface area contributed by atoms with Crippen molar-refractivity contribution >= 4 is 5.91 Å². The van der Waals surface area contributed by atoms with Crippen LogP contribution in [0.15, 0.2) is 59.4 Å². The SMILES string of the molecule is Cc1ccc(O)cc1C12CCN(CCc3ccccc3)C(C)C1(O)Cc1cc(C(N)=O)c(=O)[nH]c1C2. The Balaban J connectivity index is 1.60. The van der Waals surface area contributed by atoms with Gasteiger partial charge in [-0.25, -0.2) is 0 Å². The molecule has 3 unspecified atom stereocenters. The van der Waals surface area contributed by atoms with E-state index in [0.717, 1.165) is 36.2 Å². The van der Waals surface area contributed by atoms with Gasteiger partial charge in [0.05, 0.1) is 5.60 Å². The number of nitrogens with zero attached hydrogens (tertiary/aromatic N) is 1. The van der Waals surface area contributed by atoms with Crippen molar-refractivity contribution in [1.29, 1.82) is 0 Å². The fourth-order valence-electron chi connectivity index (χ4n) is 6.52. The summed E-state index contributed by atoms with van der Waals surface area (Å²) in [5, 5.41) is 23.1. The van der Waals surface area contributed by atoms with E-state index in [2.05, 4.69) is 28.9 Å². The van der Waals surface area contributed by atoms with Crippen LogP contribution in [0, 0.1) is 6.92 Å². The highest BCUT2D eigenvalue weighted by molar-refractivity contribution is 5.92. The summed E-state index contributed by atoms with van der Waals surface area (Å²) in [5.41, 5.74) is 7.48. The van der Waals surface area contributed by atoms with Crippen LogP contribution in [0.4, 0.5) is 0 Å². The zero-order chi connectivity index (χ0) is 25.7. The average molecular weight is 488 g/mol. The number of amides is 1. The van der Waals surface area contributed by atoms with Gasteiger partial charge in [0.25, 0.3) is 11.5 Å². The summed E-state index contributed by atoms with van der Waals surface area (Å²) in [6.07, 6.45) is 2.19. The maximum absolute atomic E-state index is 12.7. The van der Waals surface area contributed by atoms with Crippen LogP contribution in [0.5, 0.6) is 5.75 Å². The number of nitrogens with two attached hydrogens (primary N) is 1. The van der Waals surface area contributed by atoms with Gasteiger partial charge in [-0.1, -0.05) is 36.4 Å². The number of H-pyrrole nitrogens is 1. The number of benzene rings is 2. The van der Waals surface area contributed by atoms with E-state index in [9.17, 15) is 19.8 Å². The smallest absolute Gasteiger partial charge is 0.261 e. The number of aromatic hydroxyl groups is 1. The van der Waals surface area contributed by atoms with Gasteiger partial charge in [0, 0.05) is 36.5 Å². The molecular weight excluding hydrogens is 454 g/mol. The third-order valence-corrected chi connectivity index (χ3v) is 8.58. The molecule has 188 valence electrons. The number of carbonyl (C=O) groups is 1. The van der Waals surface area contributed by atoms with Gasteiger partial charge in [-0.15, -0.1) is 0 Å². The van der Waals surface area contributed by atoms with Crippen LogP contribution in [0.3, 0.4) is 0 Å². The van der Waals surface area contributed by atoms with Gasteiger partial charge in [-0.2, -0.15) is 0 Å². The van der Waals surface area contributed by atoms with Crippen molar-refractivity contribution in [3.8, 4) is 5.75 Å². The second kappa shape index (κ2) is 8.91. The molecule has 7 heteroatoms. The highest BCUT2D eigenvalue weighted by Crippen LogP contribution is 2.53. The quantitative estimate of drug-likeness (QED) is 0.441. The van der Waals surface area contributed by atoms with E-state index in [1.807, 2.05) is 31.2 Å². The van der Waals surface area contributed by atoms with Gasteiger partial charge in [-0.3, -0.25) is 14.5 Å². The third-order valence-electron chi connectivity index (χ3n) is 8.58. The standard InChI is InChI=1S/C29H33N3O4/c1-18-8-9-22(33)15-24(18)28-11-13-32(12-10-20-6-4-3-5-7-20)19(2)29(28,36)16-21-14-23(26(30)34)27(35)31-25(21)17-28/h3-9,14-15,19,33,36H,10-13,16-17H2,1-2H3,(H2,30,34)(H,31,35). The molecule has 0 bridgehead atoms. The first-order valence-corrected chi connectivity index (χ1v) is 12.5. The number of aromatic amines is 1. The van der Waals surface area contributed by atoms with Gasteiger partial charge in [-0.05, 0) is 73.7 Å². The largest absolute Gasteiger partial charge is 0.508 e. The average Bonchev–Trinajstić information content (AvgIpc) is 2.85. The molecule has 1 saturated heterocycles. The number of aromatic nitrogens is 1. The molecule has 3 aromatic rings. The molecule has 3 atom stereocenters. The van der Waals surface area contributed by atoms with E-state index < -0.39 is 22.5 Å². The molecule has 0 radical (unpaired) electrons. The number of nitrogens with one attached hydrogen (secondary N) is 1. The van der Waals surface area contributed by atoms with Crippen LogP contribution in [0.1, 0.15) is 51.7 Å². The second-order valence-electron chi connectivity index (χ2n) is 10.4. The van der Waals surface area contributed by atoms with Crippen LogP contribution in [-0.2, 0) is 24.7 Å². The molecule has 7 nitrogen and oxygen atoms in total. The molecule has 0 spiro atoms. The zero-order valence-corrected chi connectivity index (χ0v) is 20.8. The van der Waals surface area contributed by atoms with Crippen LogP contribution in [0.25, 0.3) is 0 Å². The summed E-state index contributed by atoms with van der Waals surface area (Å²) in [5.74, 6) is -0.636. The van der Waals surface area contributed by atoms with Gasteiger partial charge >= 0.3 is 0 Å². The lowest BCUT2D eigenvalue weighted by Gasteiger charge is -2.60. The summed E-state index contributed by atoms with van der Waals surface area (Å²) in [6, 6.07) is 16.9. The Kier molecular flexibility index (Phi) is 6.01. The number of piperidine rings is 1. The molecule has 0 saturated carbocycles. The first-order valence-electron chi connectivity index (χ1n) is 12.5. The fourth-order valence-corrected chi connectivity index (χ4v) is 6.52. The summed E-state index contributed by atoms with van der Waals surface area (Å²) < 4.78 is 0. The number of hydrogen-bond acceptors (Lipinski definition) is 5. The van der Waals surface area contributed by atoms with Gasteiger partial charge in [0.15, 0.2) is 0 Å². The number of phenols is 1. The number of primary amides is 1. The predicted octanol–water partition coefficient (Wildman–Crippen LogP) is 2.59. The zero-order valence-electron chi connectivity index (χ0n) is 20.8. The number of aliphatic hydroxyl groups is 1. The minimum atomic E-state index is -1.21. The Morgan fingerprint density at radius 3 is 2.64 bits per heavy atom. The maximum atomic E-state index is 12.7. The predicted molar refractivity (Wildman–Crippen MR) is 138 cm³/mol. The second-order valence-corrected chi connectivity index (χ2v) is 10.4. The highest BCUT2D eigenvalue weighted by atomic mass is 16.3. The molecule has 5 N–H and O–H groups in total. The Bertz CT molecular complexity index is 1370. The molecule has 1 amide bonds. The van der Waals surface area contributed by atoms with Crippen molar-refractivity contribution in [2.75, 3.05) is 13.1 Å². The number of likely N-dealkylation sites (tertiary alicyclic amines) is 1. The molecule has 36 heavy (non-hydrogen) atoms. The molecule has 1 aliphatic carbocycles. The van der Waals surface area contributed by atoms with Crippen molar-refractivity contribution in [2.45, 2.75) is 56.6 Å². The first-order chi connectivity index (χ1) is 17.1. The van der Waals surface area contributed by atoms with Crippen LogP contribution in [0.2, 0.25) is 0 Å². The first kappa shape index (κ1) is 24.3. The Labute approximate surface area is 210 Å². The van der Waals surface area contributed by atoms with Gasteiger partial charge < -0.3 is 20.9 Å². The maximum Gasteiger partial charge on any atom is 0.261 e. The van der Waals surface area contributed by atoms with Crippen LogP contribution >= 0.6 is 0 Å². The van der Waals surface area contributed by atoms with Crippen molar-refractivity contribution in [1.82, 2.24) is 9.88 Å². The van der Waals surface area contributed by atoms with Crippen molar-refractivity contribution in [2.24, 2.45) is 5.73 Å². The Morgan fingerprint density at radius 1 is 1.17 bits per heavy atom. The number of aryl methyl sites for hydroxylation is 1. The number of fused-ring (bicyclic) bond motifs is 2. The Hall–Kier alpha value is -3.42. The molecule has 1 fully saturated rings. The van der Waals surface area contributed by atoms with Gasteiger partial charge in [0.2, 0.25) is 0 Å². The van der Waals surface area contributed by atoms with E-state index in [1.54, 1.807) is 18.2 Å². The molecule has 1 aliphatic heterocycles. The van der Waals surface area contributed by atoms with Crippen molar-refractivity contribution in [3.63, 3.8) is 0 Å². The summed E-state index contributed by atoms with van der Waals surface area (Å²) in [4.78, 5) is 29.7. The molecule has 2 heterocycles. The molecule has 1 aromatic heterocycles. The van der Waals surface area contributed by atoms with Crippen LogP contribution < -0.4 is 11.3 Å². The van der Waals surface area contributed by atoms with E-state index in [1.165, 1.54) is 5.56 Å². The van der Waals surface area contributed by atoms with E-state index in [-0.39, 0.29) is 23.8 Å². The summed E-state index contributed by atoms with van der Waals surface area (Å²) >= 11 is 0. The van der Waals surface area contributed by atoms with Gasteiger partial charge in [0.1, 0.15) is 11.3 Å². The lowest BCUT2D eigenvalue weighted by atomic mass is 9.53. The normalized spacial score (nSPS) is 25.7. The molecular formula is C29H33N3O4. The molecule has 5 rings (SSSR count). The van der Waals surface area contributed by atoms with Crippen molar-refractivity contribution < 1.29 is 15.0 Å². The lowest BCUT2D eigenvalue weighted by Crippen LogP contribution is -2.71. The van der Waals surface area contributed by atoms with Crippen molar-refractivity contribution in [3.05, 3.63) is 98.5 Å².